The molecule has 1 aromatic heterocycles. The third-order valence-corrected chi connectivity index (χ3v) is 7.89. The highest BCUT2D eigenvalue weighted by Gasteiger charge is 2.29. The fraction of sp³-hybridized carbons (Fsp3) is 0.179. The molecular formula is C28H25N3O2S2. The second kappa shape index (κ2) is 10.5. The minimum absolute atomic E-state index is 0.0838. The third kappa shape index (κ3) is 5.81. The van der Waals surface area contributed by atoms with E-state index in [-0.39, 0.29) is 17.7 Å². The van der Waals surface area contributed by atoms with Crippen LogP contribution in [0.2, 0.25) is 0 Å². The van der Waals surface area contributed by atoms with Gasteiger partial charge in [-0.15, -0.1) is 23.1 Å². The summed E-state index contributed by atoms with van der Waals surface area (Å²) in [5, 5.41) is 6.13. The monoisotopic (exact) mass is 499 g/mol. The van der Waals surface area contributed by atoms with Gasteiger partial charge in [0.2, 0.25) is 11.8 Å². The lowest BCUT2D eigenvalue weighted by Gasteiger charge is -2.16. The molecular weight excluding hydrogens is 474 g/mol. The number of nitrogens with one attached hydrogen (secondary N) is 2. The second-order valence-electron chi connectivity index (χ2n) is 8.48. The SMILES string of the molecule is Cc1sc(NC(=O)C(Sc2ccc(NC(=O)C3CC3)cc2)c2ccccc2)nc1-c1ccccc1. The molecule has 1 aliphatic rings. The fourth-order valence-electron chi connectivity index (χ4n) is 3.73. The van der Waals surface area contributed by atoms with Crippen molar-refractivity contribution in [2.24, 2.45) is 5.92 Å². The van der Waals surface area contributed by atoms with Crippen LogP contribution < -0.4 is 10.6 Å². The van der Waals surface area contributed by atoms with Crippen LogP contribution in [0.3, 0.4) is 0 Å². The zero-order valence-corrected chi connectivity index (χ0v) is 20.9. The molecule has 1 fully saturated rings. The Morgan fingerprint density at radius 2 is 1.57 bits per heavy atom. The number of aryl methyl sites for hydroxylation is 1. The van der Waals surface area contributed by atoms with Crippen molar-refractivity contribution in [1.29, 1.82) is 0 Å². The Kier molecular flexibility index (Phi) is 6.97. The first-order valence-electron chi connectivity index (χ1n) is 11.5. The van der Waals surface area contributed by atoms with E-state index in [0.29, 0.717) is 5.13 Å². The minimum Gasteiger partial charge on any atom is -0.326 e. The Morgan fingerprint density at radius 3 is 2.23 bits per heavy atom. The number of nitrogens with zero attached hydrogens (tertiary/aromatic N) is 1. The van der Waals surface area contributed by atoms with Crippen LogP contribution in [-0.4, -0.2) is 16.8 Å². The first kappa shape index (κ1) is 23.3. The molecule has 5 nitrogen and oxygen atoms in total. The molecule has 2 N–H and O–H groups in total. The quantitative estimate of drug-likeness (QED) is 0.258. The molecule has 2 amide bonds. The van der Waals surface area contributed by atoms with Crippen molar-refractivity contribution >= 4 is 45.7 Å². The third-order valence-electron chi connectivity index (χ3n) is 5.74. The molecule has 3 aromatic carbocycles. The number of thiazole rings is 1. The van der Waals surface area contributed by atoms with Gasteiger partial charge in [-0.2, -0.15) is 0 Å². The fourth-order valence-corrected chi connectivity index (χ4v) is 5.59. The smallest absolute Gasteiger partial charge is 0.244 e. The van der Waals surface area contributed by atoms with Crippen LogP contribution in [-0.2, 0) is 9.59 Å². The van der Waals surface area contributed by atoms with Gasteiger partial charge in [-0.3, -0.25) is 9.59 Å². The summed E-state index contributed by atoms with van der Waals surface area (Å²) in [6.45, 7) is 2.02. The zero-order chi connectivity index (χ0) is 24.2. The first-order valence-corrected chi connectivity index (χ1v) is 13.2. The van der Waals surface area contributed by atoms with Gasteiger partial charge >= 0.3 is 0 Å². The van der Waals surface area contributed by atoms with Gasteiger partial charge in [-0.25, -0.2) is 4.98 Å². The van der Waals surface area contributed by atoms with E-state index in [1.807, 2.05) is 91.9 Å². The first-order chi connectivity index (χ1) is 17.1. The van der Waals surface area contributed by atoms with Crippen molar-refractivity contribution in [1.82, 2.24) is 4.98 Å². The Labute approximate surface area is 213 Å². The van der Waals surface area contributed by atoms with Crippen LogP contribution in [0, 0.1) is 12.8 Å². The average molecular weight is 500 g/mol. The Hall–Kier alpha value is -3.42. The lowest BCUT2D eigenvalue weighted by Crippen LogP contribution is -2.19. The molecule has 0 aliphatic heterocycles. The molecule has 0 radical (unpaired) electrons. The largest absolute Gasteiger partial charge is 0.326 e. The topological polar surface area (TPSA) is 71.1 Å². The maximum Gasteiger partial charge on any atom is 0.244 e. The van der Waals surface area contributed by atoms with E-state index in [1.165, 1.54) is 23.1 Å². The zero-order valence-electron chi connectivity index (χ0n) is 19.2. The number of aromatic nitrogens is 1. The van der Waals surface area contributed by atoms with E-state index in [1.54, 1.807) is 0 Å². The number of anilines is 2. The second-order valence-corrected chi connectivity index (χ2v) is 10.9. The van der Waals surface area contributed by atoms with Gasteiger partial charge in [0.25, 0.3) is 0 Å². The molecule has 4 aromatic rings. The van der Waals surface area contributed by atoms with Crippen molar-refractivity contribution in [3.8, 4) is 11.3 Å². The van der Waals surface area contributed by atoms with E-state index in [9.17, 15) is 9.59 Å². The van der Waals surface area contributed by atoms with Gasteiger partial charge in [-0.05, 0) is 49.6 Å². The number of rotatable bonds is 8. The molecule has 5 rings (SSSR count). The van der Waals surface area contributed by atoms with Crippen molar-refractivity contribution in [2.45, 2.75) is 29.9 Å². The predicted octanol–water partition coefficient (Wildman–Crippen LogP) is 6.94. The summed E-state index contributed by atoms with van der Waals surface area (Å²) in [5.41, 5.74) is 3.61. The molecule has 0 spiro atoms. The Bertz CT molecular complexity index is 1320. The van der Waals surface area contributed by atoms with Crippen molar-refractivity contribution in [3.63, 3.8) is 0 Å². The van der Waals surface area contributed by atoms with Crippen LogP contribution in [0.25, 0.3) is 11.3 Å². The highest BCUT2D eigenvalue weighted by molar-refractivity contribution is 8.00. The van der Waals surface area contributed by atoms with E-state index in [0.717, 1.165) is 45.1 Å². The lowest BCUT2D eigenvalue weighted by atomic mass is 10.1. The maximum atomic E-state index is 13.4. The number of benzene rings is 3. The van der Waals surface area contributed by atoms with Crippen molar-refractivity contribution in [2.75, 3.05) is 10.6 Å². The molecule has 0 bridgehead atoms. The Balaban J connectivity index is 1.33. The lowest BCUT2D eigenvalue weighted by molar-refractivity contribution is -0.117. The van der Waals surface area contributed by atoms with E-state index in [4.69, 9.17) is 4.98 Å². The summed E-state index contributed by atoms with van der Waals surface area (Å²) < 4.78 is 0. The van der Waals surface area contributed by atoms with Gasteiger partial charge in [-0.1, -0.05) is 60.7 Å². The van der Waals surface area contributed by atoms with Gasteiger partial charge < -0.3 is 10.6 Å². The molecule has 35 heavy (non-hydrogen) atoms. The minimum atomic E-state index is -0.451. The molecule has 7 heteroatoms. The van der Waals surface area contributed by atoms with Gasteiger partial charge in [0.05, 0.1) is 5.69 Å². The standard InChI is InChI=1S/C28H25N3O2S2/c1-18-24(19-8-4-2-5-9-19)30-28(34-18)31-27(33)25(20-10-6-3-7-11-20)35-23-16-14-22(15-17-23)29-26(32)21-12-13-21/h2-11,14-17,21,25H,12-13H2,1H3,(H,29,32)(H,30,31,33). The van der Waals surface area contributed by atoms with Gasteiger partial charge in [0.15, 0.2) is 5.13 Å². The molecule has 0 saturated heterocycles. The molecule has 1 saturated carbocycles. The number of carbonyl (C=O) groups is 2. The molecule has 176 valence electrons. The highest BCUT2D eigenvalue weighted by Crippen LogP contribution is 2.38. The number of thioether (sulfide) groups is 1. The summed E-state index contributed by atoms with van der Waals surface area (Å²) in [4.78, 5) is 32.2. The van der Waals surface area contributed by atoms with Gasteiger partial charge in [0.1, 0.15) is 5.25 Å². The molecule has 1 unspecified atom stereocenters. The van der Waals surface area contributed by atoms with Gasteiger partial charge in [0, 0.05) is 26.9 Å². The summed E-state index contributed by atoms with van der Waals surface area (Å²) >= 11 is 2.95. The van der Waals surface area contributed by atoms with Crippen LogP contribution >= 0.6 is 23.1 Å². The van der Waals surface area contributed by atoms with Crippen LogP contribution in [0.1, 0.15) is 28.5 Å². The van der Waals surface area contributed by atoms with E-state index < -0.39 is 5.25 Å². The van der Waals surface area contributed by atoms with Crippen LogP contribution in [0.15, 0.2) is 89.8 Å². The molecule has 1 aliphatic carbocycles. The number of hydrogen-bond acceptors (Lipinski definition) is 5. The predicted molar refractivity (Wildman–Crippen MR) is 144 cm³/mol. The highest BCUT2D eigenvalue weighted by atomic mass is 32.2. The van der Waals surface area contributed by atoms with E-state index >= 15 is 0 Å². The van der Waals surface area contributed by atoms with Crippen LogP contribution in [0.4, 0.5) is 10.8 Å². The van der Waals surface area contributed by atoms with Crippen molar-refractivity contribution < 1.29 is 9.59 Å². The normalized spacial score (nSPS) is 13.7. The average Bonchev–Trinajstić information content (AvgIpc) is 3.67. The molecule has 1 heterocycles. The number of hydrogen-bond donors (Lipinski definition) is 2. The van der Waals surface area contributed by atoms with E-state index in [2.05, 4.69) is 10.6 Å². The summed E-state index contributed by atoms with van der Waals surface area (Å²) in [7, 11) is 0. The maximum absolute atomic E-state index is 13.4. The van der Waals surface area contributed by atoms with Crippen molar-refractivity contribution in [3.05, 3.63) is 95.4 Å². The summed E-state index contributed by atoms with van der Waals surface area (Å²) in [6, 6.07) is 27.4. The van der Waals surface area contributed by atoms with Crippen LogP contribution in [0.5, 0.6) is 0 Å². The molecule has 1 atom stereocenters. The number of amides is 2. The summed E-state index contributed by atoms with van der Waals surface area (Å²) in [5.74, 6) is 0.119. The Morgan fingerprint density at radius 1 is 0.914 bits per heavy atom. The summed E-state index contributed by atoms with van der Waals surface area (Å²) in [6.07, 6.45) is 1.94. The number of carbonyl (C=O) groups excluding carboxylic acids is 2.